The Morgan fingerprint density at radius 3 is 2.47 bits per heavy atom. The van der Waals surface area contributed by atoms with E-state index in [0.717, 1.165) is 25.3 Å². The summed E-state index contributed by atoms with van der Waals surface area (Å²) < 4.78 is 5.47. The quantitative estimate of drug-likeness (QED) is 0.561. The zero-order valence-electron chi connectivity index (χ0n) is 10.6. The molecular weight excluding hydrogens is 186 g/mol. The van der Waals surface area contributed by atoms with Crippen LogP contribution in [0, 0.1) is 0 Å². The summed E-state index contributed by atoms with van der Waals surface area (Å²) in [5, 5.41) is 3.32. The summed E-state index contributed by atoms with van der Waals surface area (Å²) in [4.78, 5) is 0. The maximum absolute atomic E-state index is 5.47. The van der Waals surface area contributed by atoms with E-state index in [0.29, 0.717) is 6.10 Å². The molecule has 0 amide bonds. The number of nitrogens with one attached hydrogen (secondary N) is 1. The highest BCUT2D eigenvalue weighted by atomic mass is 16.5. The van der Waals surface area contributed by atoms with Crippen molar-refractivity contribution in [2.24, 2.45) is 0 Å². The first-order valence-corrected chi connectivity index (χ1v) is 6.20. The molecular formula is C13H27NO. The molecule has 0 atom stereocenters. The van der Waals surface area contributed by atoms with Crippen molar-refractivity contribution >= 4 is 0 Å². The number of hydrogen-bond donors (Lipinski definition) is 1. The highest BCUT2D eigenvalue weighted by molar-refractivity contribution is 4.88. The Bertz CT molecular complexity index is 155. The van der Waals surface area contributed by atoms with Gasteiger partial charge in [0.05, 0.1) is 6.10 Å². The molecule has 0 aliphatic carbocycles. The molecule has 0 saturated carbocycles. The Labute approximate surface area is 95.1 Å². The van der Waals surface area contributed by atoms with Crippen LogP contribution in [0.3, 0.4) is 0 Å². The van der Waals surface area contributed by atoms with Crippen LogP contribution in [0.1, 0.15) is 52.9 Å². The van der Waals surface area contributed by atoms with Gasteiger partial charge in [0.1, 0.15) is 0 Å². The van der Waals surface area contributed by atoms with E-state index < -0.39 is 0 Å². The molecule has 0 aliphatic rings. The van der Waals surface area contributed by atoms with Crippen LogP contribution < -0.4 is 5.32 Å². The van der Waals surface area contributed by atoms with E-state index in [1.54, 1.807) is 0 Å². The highest BCUT2D eigenvalue weighted by Gasteiger charge is 1.94. The average Bonchev–Trinajstić information content (AvgIpc) is 2.21. The predicted octanol–water partition coefficient (Wildman–Crippen LogP) is 3.49. The van der Waals surface area contributed by atoms with Crippen molar-refractivity contribution in [3.63, 3.8) is 0 Å². The van der Waals surface area contributed by atoms with Gasteiger partial charge < -0.3 is 10.1 Å². The van der Waals surface area contributed by atoms with E-state index in [2.05, 4.69) is 32.7 Å². The number of hydrogen-bond acceptors (Lipinski definition) is 2. The van der Waals surface area contributed by atoms with Gasteiger partial charge in [-0.1, -0.05) is 26.3 Å². The molecule has 15 heavy (non-hydrogen) atoms. The van der Waals surface area contributed by atoms with Gasteiger partial charge in [0.25, 0.3) is 0 Å². The fraction of sp³-hybridized carbons (Fsp3) is 0.846. The van der Waals surface area contributed by atoms with Crippen molar-refractivity contribution in [2.45, 2.75) is 59.0 Å². The van der Waals surface area contributed by atoms with Crippen molar-refractivity contribution in [3.8, 4) is 0 Å². The molecule has 0 heterocycles. The minimum absolute atomic E-state index is 0.375. The highest BCUT2D eigenvalue weighted by Crippen LogP contribution is 2.01. The molecule has 0 aromatic carbocycles. The van der Waals surface area contributed by atoms with Crippen LogP contribution in [0.25, 0.3) is 0 Å². The third-order valence-corrected chi connectivity index (χ3v) is 2.32. The van der Waals surface area contributed by atoms with Crippen LogP contribution >= 0.6 is 0 Å². The van der Waals surface area contributed by atoms with E-state index in [4.69, 9.17) is 4.74 Å². The Hall–Kier alpha value is -0.500. The maximum Gasteiger partial charge on any atom is 0.0518 e. The third-order valence-electron chi connectivity index (χ3n) is 2.32. The lowest BCUT2D eigenvalue weighted by atomic mass is 10.2. The van der Waals surface area contributed by atoms with Crippen molar-refractivity contribution in [2.75, 3.05) is 13.2 Å². The number of ether oxygens (including phenoxy) is 1. The Morgan fingerprint density at radius 1 is 1.20 bits per heavy atom. The molecule has 0 unspecified atom stereocenters. The maximum atomic E-state index is 5.47. The molecule has 2 nitrogen and oxygen atoms in total. The van der Waals surface area contributed by atoms with Gasteiger partial charge in [-0.2, -0.15) is 0 Å². The van der Waals surface area contributed by atoms with E-state index in [-0.39, 0.29) is 0 Å². The van der Waals surface area contributed by atoms with Crippen molar-refractivity contribution in [1.29, 1.82) is 0 Å². The first-order chi connectivity index (χ1) is 7.16. The van der Waals surface area contributed by atoms with Gasteiger partial charge in [0.2, 0.25) is 0 Å². The van der Waals surface area contributed by atoms with E-state index in [9.17, 15) is 0 Å². The summed E-state index contributed by atoms with van der Waals surface area (Å²) in [7, 11) is 0. The lowest BCUT2D eigenvalue weighted by Crippen LogP contribution is -2.13. The van der Waals surface area contributed by atoms with Crippen LogP contribution in [0.5, 0.6) is 0 Å². The van der Waals surface area contributed by atoms with Crippen LogP contribution in [0.4, 0.5) is 0 Å². The van der Waals surface area contributed by atoms with E-state index in [1.807, 2.05) is 0 Å². The topological polar surface area (TPSA) is 21.3 Å². The minimum atomic E-state index is 0.375. The normalized spacial score (nSPS) is 10.7. The van der Waals surface area contributed by atoms with E-state index in [1.165, 1.54) is 25.7 Å². The largest absolute Gasteiger partial charge is 0.389 e. The molecule has 0 aromatic heterocycles. The van der Waals surface area contributed by atoms with Crippen LogP contribution in [0.2, 0.25) is 0 Å². The second-order valence-corrected chi connectivity index (χ2v) is 4.22. The monoisotopic (exact) mass is 213 g/mol. The molecule has 0 rings (SSSR count). The zero-order valence-corrected chi connectivity index (χ0v) is 10.6. The summed E-state index contributed by atoms with van der Waals surface area (Å²) in [6, 6.07) is 0. The summed E-state index contributed by atoms with van der Waals surface area (Å²) in [5.41, 5.74) is 1.15. The smallest absolute Gasteiger partial charge is 0.0518 e. The molecule has 0 aliphatic heterocycles. The summed E-state index contributed by atoms with van der Waals surface area (Å²) in [6.07, 6.45) is 6.38. The SMILES string of the molecule is C=C(CC)NCCCCCCOC(C)C. The van der Waals surface area contributed by atoms with Gasteiger partial charge in [-0.25, -0.2) is 0 Å². The van der Waals surface area contributed by atoms with E-state index >= 15 is 0 Å². The fourth-order valence-corrected chi connectivity index (χ4v) is 1.29. The van der Waals surface area contributed by atoms with Crippen LogP contribution in [-0.4, -0.2) is 19.3 Å². The van der Waals surface area contributed by atoms with Gasteiger partial charge in [-0.15, -0.1) is 0 Å². The standard InChI is InChI=1S/C13H27NO/c1-5-13(4)14-10-8-6-7-9-11-15-12(2)3/h12,14H,4-11H2,1-3H3. The second-order valence-electron chi connectivity index (χ2n) is 4.22. The molecule has 0 fully saturated rings. The molecule has 0 saturated heterocycles. The summed E-state index contributed by atoms with van der Waals surface area (Å²) >= 11 is 0. The molecule has 90 valence electrons. The van der Waals surface area contributed by atoms with Gasteiger partial charge in [0, 0.05) is 18.8 Å². The summed E-state index contributed by atoms with van der Waals surface area (Å²) in [6.45, 7) is 12.2. The number of allylic oxidation sites excluding steroid dienone is 1. The van der Waals surface area contributed by atoms with Gasteiger partial charge in [0.15, 0.2) is 0 Å². The van der Waals surface area contributed by atoms with Crippen LogP contribution in [-0.2, 0) is 4.74 Å². The van der Waals surface area contributed by atoms with Crippen molar-refractivity contribution in [1.82, 2.24) is 5.32 Å². The Balaban J connectivity index is 3.02. The van der Waals surface area contributed by atoms with Crippen molar-refractivity contribution in [3.05, 3.63) is 12.3 Å². The summed E-state index contributed by atoms with van der Waals surface area (Å²) in [5.74, 6) is 0. The van der Waals surface area contributed by atoms with Crippen LogP contribution in [0.15, 0.2) is 12.3 Å². The average molecular weight is 213 g/mol. The predicted molar refractivity (Wildman–Crippen MR) is 67.0 cm³/mol. The lowest BCUT2D eigenvalue weighted by Gasteiger charge is -2.08. The lowest BCUT2D eigenvalue weighted by molar-refractivity contribution is 0.0757. The van der Waals surface area contributed by atoms with Gasteiger partial charge in [-0.05, 0) is 33.1 Å². The molecule has 0 aromatic rings. The molecule has 0 radical (unpaired) electrons. The first kappa shape index (κ1) is 14.5. The minimum Gasteiger partial charge on any atom is -0.389 e. The van der Waals surface area contributed by atoms with Crippen molar-refractivity contribution < 1.29 is 4.74 Å². The Morgan fingerprint density at radius 2 is 1.87 bits per heavy atom. The number of rotatable bonds is 10. The van der Waals surface area contributed by atoms with Gasteiger partial charge in [-0.3, -0.25) is 0 Å². The zero-order chi connectivity index (χ0) is 11.5. The third kappa shape index (κ3) is 11.4. The fourth-order valence-electron chi connectivity index (χ4n) is 1.29. The number of unbranched alkanes of at least 4 members (excludes halogenated alkanes) is 3. The first-order valence-electron chi connectivity index (χ1n) is 6.20. The van der Waals surface area contributed by atoms with Gasteiger partial charge >= 0.3 is 0 Å². The molecule has 0 spiro atoms. The molecule has 1 N–H and O–H groups in total. The Kier molecular flexibility index (Phi) is 9.70. The second kappa shape index (κ2) is 10.0. The molecule has 0 bridgehead atoms. The molecule has 2 heteroatoms.